The van der Waals surface area contributed by atoms with Crippen molar-refractivity contribution in [2.45, 2.75) is 39.3 Å². The third kappa shape index (κ3) is 3.36. The van der Waals surface area contributed by atoms with Crippen molar-refractivity contribution in [3.8, 4) is 0 Å². The summed E-state index contributed by atoms with van der Waals surface area (Å²) < 4.78 is 0. The molecule has 0 aromatic carbocycles. The van der Waals surface area contributed by atoms with Crippen LogP contribution in [-0.2, 0) is 6.54 Å². The standard InChI is InChI=1S/C10H18N2OS/c1-7(2)10-12-9(6-14-10)4-11-8(3)5-13/h6-8,11,13H,4-5H2,1-3H3. The van der Waals surface area contributed by atoms with Gasteiger partial charge in [0, 0.05) is 23.9 Å². The van der Waals surface area contributed by atoms with Gasteiger partial charge in [0.05, 0.1) is 17.3 Å². The molecule has 0 amide bonds. The number of thiazole rings is 1. The molecule has 0 spiro atoms. The van der Waals surface area contributed by atoms with Crippen molar-refractivity contribution in [3.63, 3.8) is 0 Å². The summed E-state index contributed by atoms with van der Waals surface area (Å²) in [6.45, 7) is 7.15. The smallest absolute Gasteiger partial charge is 0.0954 e. The number of nitrogens with zero attached hydrogens (tertiary/aromatic N) is 1. The van der Waals surface area contributed by atoms with E-state index in [0.717, 1.165) is 12.2 Å². The first-order valence-corrected chi connectivity index (χ1v) is 5.80. The van der Waals surface area contributed by atoms with Crippen LogP contribution in [0.5, 0.6) is 0 Å². The van der Waals surface area contributed by atoms with Gasteiger partial charge in [-0.2, -0.15) is 0 Å². The fraction of sp³-hybridized carbons (Fsp3) is 0.700. The molecule has 0 bridgehead atoms. The molecule has 0 saturated carbocycles. The molecule has 0 fully saturated rings. The number of aliphatic hydroxyl groups is 1. The molecular formula is C10H18N2OS. The molecule has 0 radical (unpaired) electrons. The molecular weight excluding hydrogens is 196 g/mol. The summed E-state index contributed by atoms with van der Waals surface area (Å²) in [5, 5.41) is 15.3. The van der Waals surface area contributed by atoms with Gasteiger partial charge in [-0.1, -0.05) is 13.8 Å². The summed E-state index contributed by atoms with van der Waals surface area (Å²) >= 11 is 1.70. The third-order valence-electron chi connectivity index (χ3n) is 1.97. The van der Waals surface area contributed by atoms with Crippen molar-refractivity contribution in [2.24, 2.45) is 0 Å². The molecule has 0 saturated heterocycles. The molecule has 1 unspecified atom stereocenters. The summed E-state index contributed by atoms with van der Waals surface area (Å²) in [6, 6.07) is 0.138. The second-order valence-electron chi connectivity index (χ2n) is 3.80. The molecule has 1 aromatic rings. The summed E-state index contributed by atoms with van der Waals surface area (Å²) in [4.78, 5) is 4.49. The van der Waals surface area contributed by atoms with E-state index in [2.05, 4.69) is 29.5 Å². The molecule has 0 aliphatic carbocycles. The molecule has 1 rings (SSSR count). The average Bonchev–Trinajstić information content (AvgIpc) is 2.62. The molecule has 1 aromatic heterocycles. The molecule has 80 valence electrons. The Morgan fingerprint density at radius 2 is 2.21 bits per heavy atom. The van der Waals surface area contributed by atoms with E-state index in [1.807, 2.05) is 6.92 Å². The first-order chi connectivity index (χ1) is 6.63. The Balaban J connectivity index is 2.44. The van der Waals surface area contributed by atoms with Crippen LogP contribution in [0.25, 0.3) is 0 Å². The summed E-state index contributed by atoms with van der Waals surface area (Å²) in [5.41, 5.74) is 1.07. The minimum atomic E-state index is 0.138. The monoisotopic (exact) mass is 214 g/mol. The molecule has 0 aliphatic heterocycles. The SMILES string of the molecule is CC(CO)NCc1csc(C(C)C)n1. The number of aliphatic hydroxyl groups excluding tert-OH is 1. The second-order valence-corrected chi connectivity index (χ2v) is 4.69. The van der Waals surface area contributed by atoms with Crippen LogP contribution in [0, 0.1) is 0 Å². The summed E-state index contributed by atoms with van der Waals surface area (Å²) in [5.74, 6) is 0.504. The quantitative estimate of drug-likeness (QED) is 0.784. The van der Waals surface area contributed by atoms with E-state index in [1.54, 1.807) is 11.3 Å². The maximum Gasteiger partial charge on any atom is 0.0954 e. The van der Waals surface area contributed by atoms with Crippen LogP contribution < -0.4 is 5.32 Å². The molecule has 3 nitrogen and oxygen atoms in total. The lowest BCUT2D eigenvalue weighted by Gasteiger charge is -2.08. The predicted octanol–water partition coefficient (Wildman–Crippen LogP) is 1.74. The van der Waals surface area contributed by atoms with Crippen LogP contribution in [0.15, 0.2) is 5.38 Å². The van der Waals surface area contributed by atoms with Crippen molar-refractivity contribution in [1.82, 2.24) is 10.3 Å². The fourth-order valence-corrected chi connectivity index (χ4v) is 1.85. The van der Waals surface area contributed by atoms with Gasteiger partial charge in [-0.25, -0.2) is 4.98 Å². The normalized spacial score (nSPS) is 13.5. The zero-order valence-electron chi connectivity index (χ0n) is 8.95. The van der Waals surface area contributed by atoms with E-state index in [1.165, 1.54) is 5.01 Å². The number of nitrogens with one attached hydrogen (secondary N) is 1. The zero-order chi connectivity index (χ0) is 10.6. The van der Waals surface area contributed by atoms with Gasteiger partial charge >= 0.3 is 0 Å². The molecule has 14 heavy (non-hydrogen) atoms. The van der Waals surface area contributed by atoms with Gasteiger partial charge in [0.15, 0.2) is 0 Å². The van der Waals surface area contributed by atoms with Gasteiger partial charge in [0.25, 0.3) is 0 Å². The maximum absolute atomic E-state index is 8.83. The fourth-order valence-electron chi connectivity index (χ4n) is 1.01. The minimum absolute atomic E-state index is 0.138. The van der Waals surface area contributed by atoms with Crippen molar-refractivity contribution in [1.29, 1.82) is 0 Å². The number of rotatable bonds is 5. The molecule has 0 aliphatic rings. The van der Waals surface area contributed by atoms with Gasteiger partial charge < -0.3 is 10.4 Å². The van der Waals surface area contributed by atoms with Crippen LogP contribution in [-0.4, -0.2) is 22.7 Å². The lowest BCUT2D eigenvalue weighted by atomic mass is 10.2. The Bertz CT molecular complexity index is 273. The highest BCUT2D eigenvalue weighted by Crippen LogP contribution is 2.18. The lowest BCUT2D eigenvalue weighted by Crippen LogP contribution is -2.28. The first-order valence-electron chi connectivity index (χ1n) is 4.92. The Morgan fingerprint density at radius 3 is 2.71 bits per heavy atom. The topological polar surface area (TPSA) is 45.1 Å². The lowest BCUT2D eigenvalue weighted by molar-refractivity contribution is 0.250. The highest BCUT2D eigenvalue weighted by molar-refractivity contribution is 7.09. The van der Waals surface area contributed by atoms with Crippen molar-refractivity contribution in [3.05, 3.63) is 16.1 Å². The van der Waals surface area contributed by atoms with Crippen LogP contribution in [0.2, 0.25) is 0 Å². The maximum atomic E-state index is 8.83. The van der Waals surface area contributed by atoms with Gasteiger partial charge in [-0.3, -0.25) is 0 Å². The van der Waals surface area contributed by atoms with Crippen LogP contribution in [0.4, 0.5) is 0 Å². The van der Waals surface area contributed by atoms with Crippen molar-refractivity contribution < 1.29 is 5.11 Å². The molecule has 1 heterocycles. The third-order valence-corrected chi connectivity index (χ3v) is 3.16. The van der Waals surface area contributed by atoms with E-state index in [-0.39, 0.29) is 12.6 Å². The van der Waals surface area contributed by atoms with Crippen molar-refractivity contribution >= 4 is 11.3 Å². The van der Waals surface area contributed by atoms with E-state index >= 15 is 0 Å². The summed E-state index contributed by atoms with van der Waals surface area (Å²) in [6.07, 6.45) is 0. The van der Waals surface area contributed by atoms with E-state index < -0.39 is 0 Å². The van der Waals surface area contributed by atoms with Crippen LogP contribution in [0.3, 0.4) is 0 Å². The Hall–Kier alpha value is -0.450. The molecule has 4 heteroatoms. The Morgan fingerprint density at radius 1 is 1.50 bits per heavy atom. The molecule has 1 atom stereocenters. The van der Waals surface area contributed by atoms with E-state index in [9.17, 15) is 0 Å². The van der Waals surface area contributed by atoms with E-state index in [0.29, 0.717) is 5.92 Å². The largest absolute Gasteiger partial charge is 0.395 e. The number of hydrogen-bond donors (Lipinski definition) is 2. The Kier molecular flexibility index (Phi) is 4.51. The van der Waals surface area contributed by atoms with Crippen LogP contribution in [0.1, 0.15) is 37.4 Å². The van der Waals surface area contributed by atoms with Crippen LogP contribution >= 0.6 is 11.3 Å². The Labute approximate surface area is 89.2 Å². The van der Waals surface area contributed by atoms with E-state index in [4.69, 9.17) is 5.11 Å². The highest BCUT2D eigenvalue weighted by atomic mass is 32.1. The van der Waals surface area contributed by atoms with Crippen molar-refractivity contribution in [2.75, 3.05) is 6.61 Å². The highest BCUT2D eigenvalue weighted by Gasteiger charge is 2.06. The summed E-state index contributed by atoms with van der Waals surface area (Å²) in [7, 11) is 0. The predicted molar refractivity (Wildman–Crippen MR) is 59.6 cm³/mol. The average molecular weight is 214 g/mol. The van der Waals surface area contributed by atoms with Gasteiger partial charge in [0.1, 0.15) is 0 Å². The van der Waals surface area contributed by atoms with Gasteiger partial charge in [-0.15, -0.1) is 11.3 Å². The van der Waals surface area contributed by atoms with Gasteiger partial charge in [0.2, 0.25) is 0 Å². The first kappa shape index (κ1) is 11.6. The molecule has 2 N–H and O–H groups in total. The van der Waals surface area contributed by atoms with Gasteiger partial charge in [-0.05, 0) is 6.92 Å². The zero-order valence-corrected chi connectivity index (χ0v) is 9.77. The number of aromatic nitrogens is 1. The minimum Gasteiger partial charge on any atom is -0.395 e. The number of hydrogen-bond acceptors (Lipinski definition) is 4. The second kappa shape index (κ2) is 5.44.